The summed E-state index contributed by atoms with van der Waals surface area (Å²) in [6.45, 7) is 5.45. The van der Waals surface area contributed by atoms with Crippen molar-refractivity contribution < 1.29 is 0 Å². The topological polar surface area (TPSA) is 3.24 Å². The minimum Gasteiger partial charge on any atom is -0.295 e. The average molecular weight is 289 g/mol. The summed E-state index contributed by atoms with van der Waals surface area (Å²) >= 11 is 0. The van der Waals surface area contributed by atoms with E-state index in [1.165, 1.54) is 27.5 Å². The lowest BCUT2D eigenvalue weighted by molar-refractivity contribution is 0.254. The van der Waals surface area contributed by atoms with Crippen molar-refractivity contribution in [1.82, 2.24) is 4.90 Å². The average Bonchev–Trinajstić information content (AvgIpc) is 2.55. The summed E-state index contributed by atoms with van der Waals surface area (Å²) in [6.07, 6.45) is 0. The summed E-state index contributed by atoms with van der Waals surface area (Å²) < 4.78 is 0. The summed E-state index contributed by atoms with van der Waals surface area (Å²) in [5, 5.41) is 2.67. The maximum absolute atomic E-state index is 2.42. The van der Waals surface area contributed by atoms with E-state index in [0.29, 0.717) is 6.04 Å². The number of fused-ring (bicyclic) bond motifs is 1. The van der Waals surface area contributed by atoms with Gasteiger partial charge in [-0.05, 0) is 48.4 Å². The van der Waals surface area contributed by atoms with Crippen molar-refractivity contribution in [2.24, 2.45) is 0 Å². The first-order chi connectivity index (χ1) is 10.7. The fraction of sp³-hybridized carbons (Fsp3) is 0.238. The van der Waals surface area contributed by atoms with E-state index in [2.05, 4.69) is 92.5 Å². The smallest absolute Gasteiger partial charge is 0.0326 e. The summed E-state index contributed by atoms with van der Waals surface area (Å²) in [7, 11) is 2.21. The Hall–Kier alpha value is -2.12. The van der Waals surface area contributed by atoms with Crippen molar-refractivity contribution in [2.75, 3.05) is 7.05 Å². The summed E-state index contributed by atoms with van der Waals surface area (Å²) in [4.78, 5) is 2.42. The second-order valence-electron chi connectivity index (χ2n) is 6.09. The minimum atomic E-state index is 0.380. The fourth-order valence-corrected chi connectivity index (χ4v) is 3.05. The SMILES string of the molecule is Cc1ccccc1CN(C)C(C)c1cccc2ccccc12. The van der Waals surface area contributed by atoms with Crippen molar-refractivity contribution in [3.63, 3.8) is 0 Å². The Bertz CT molecular complexity index is 770. The van der Waals surface area contributed by atoms with Gasteiger partial charge in [-0.3, -0.25) is 4.90 Å². The molecule has 0 aromatic heterocycles. The number of hydrogen-bond donors (Lipinski definition) is 0. The minimum absolute atomic E-state index is 0.380. The predicted molar refractivity (Wildman–Crippen MR) is 95.0 cm³/mol. The molecule has 0 N–H and O–H groups in total. The van der Waals surface area contributed by atoms with Gasteiger partial charge in [-0.25, -0.2) is 0 Å². The molecule has 112 valence electrons. The van der Waals surface area contributed by atoms with Crippen molar-refractivity contribution in [2.45, 2.75) is 26.4 Å². The molecule has 1 heteroatoms. The fourth-order valence-electron chi connectivity index (χ4n) is 3.05. The molecule has 0 aliphatic rings. The molecule has 1 unspecified atom stereocenters. The highest BCUT2D eigenvalue weighted by molar-refractivity contribution is 5.86. The molecule has 0 radical (unpaired) electrons. The second kappa shape index (κ2) is 6.33. The van der Waals surface area contributed by atoms with Crippen LogP contribution < -0.4 is 0 Å². The van der Waals surface area contributed by atoms with Gasteiger partial charge in [0.1, 0.15) is 0 Å². The molecule has 3 rings (SSSR count). The first kappa shape index (κ1) is 14.8. The highest BCUT2D eigenvalue weighted by Crippen LogP contribution is 2.28. The molecule has 0 fully saturated rings. The largest absolute Gasteiger partial charge is 0.295 e. The lowest BCUT2D eigenvalue weighted by Gasteiger charge is -2.27. The second-order valence-corrected chi connectivity index (χ2v) is 6.09. The van der Waals surface area contributed by atoms with Crippen LogP contribution >= 0.6 is 0 Å². The first-order valence-corrected chi connectivity index (χ1v) is 7.89. The van der Waals surface area contributed by atoms with Gasteiger partial charge in [0.05, 0.1) is 0 Å². The molecule has 0 heterocycles. The Morgan fingerprint density at radius 2 is 1.55 bits per heavy atom. The van der Waals surface area contributed by atoms with Crippen LogP contribution in [-0.4, -0.2) is 11.9 Å². The van der Waals surface area contributed by atoms with Crippen molar-refractivity contribution in [3.8, 4) is 0 Å². The normalized spacial score (nSPS) is 12.7. The standard InChI is InChI=1S/C21H23N/c1-16-9-4-5-11-19(16)15-22(3)17(2)20-14-8-12-18-10-6-7-13-21(18)20/h4-14,17H,15H2,1-3H3. The van der Waals surface area contributed by atoms with Gasteiger partial charge in [-0.2, -0.15) is 0 Å². The van der Waals surface area contributed by atoms with Gasteiger partial charge >= 0.3 is 0 Å². The van der Waals surface area contributed by atoms with E-state index >= 15 is 0 Å². The highest BCUT2D eigenvalue weighted by Gasteiger charge is 2.15. The van der Waals surface area contributed by atoms with Crippen LogP contribution in [0.4, 0.5) is 0 Å². The number of rotatable bonds is 4. The van der Waals surface area contributed by atoms with Gasteiger partial charge in [-0.1, -0.05) is 66.7 Å². The quantitative estimate of drug-likeness (QED) is 0.626. The molecule has 1 atom stereocenters. The zero-order valence-corrected chi connectivity index (χ0v) is 13.6. The monoisotopic (exact) mass is 289 g/mol. The first-order valence-electron chi connectivity index (χ1n) is 7.89. The maximum atomic E-state index is 2.42. The molecule has 3 aromatic carbocycles. The molecule has 1 nitrogen and oxygen atoms in total. The van der Waals surface area contributed by atoms with Crippen molar-refractivity contribution in [3.05, 3.63) is 83.4 Å². The molecule has 0 bridgehead atoms. The Labute approximate surface area is 133 Å². The zero-order chi connectivity index (χ0) is 15.5. The molecule has 0 amide bonds. The third kappa shape index (κ3) is 2.90. The van der Waals surface area contributed by atoms with Crippen molar-refractivity contribution >= 4 is 10.8 Å². The third-order valence-corrected chi connectivity index (χ3v) is 4.62. The van der Waals surface area contributed by atoms with Crippen LogP contribution in [-0.2, 0) is 6.54 Å². The Morgan fingerprint density at radius 1 is 0.864 bits per heavy atom. The van der Waals surface area contributed by atoms with Gasteiger partial charge in [0, 0.05) is 12.6 Å². The van der Waals surface area contributed by atoms with Crippen LogP contribution in [0.2, 0.25) is 0 Å². The molecule has 0 spiro atoms. The van der Waals surface area contributed by atoms with E-state index < -0.39 is 0 Å². The maximum Gasteiger partial charge on any atom is 0.0326 e. The Balaban J connectivity index is 1.89. The molecular weight excluding hydrogens is 266 g/mol. The third-order valence-electron chi connectivity index (χ3n) is 4.62. The van der Waals surface area contributed by atoms with E-state index in [9.17, 15) is 0 Å². The van der Waals surface area contributed by atoms with Crippen LogP contribution in [0.25, 0.3) is 10.8 Å². The number of benzene rings is 3. The van der Waals surface area contributed by atoms with E-state index in [1.807, 2.05) is 0 Å². The highest BCUT2D eigenvalue weighted by atomic mass is 15.1. The Morgan fingerprint density at radius 3 is 2.36 bits per heavy atom. The van der Waals surface area contributed by atoms with Gasteiger partial charge in [0.15, 0.2) is 0 Å². The van der Waals surface area contributed by atoms with Crippen LogP contribution in [0.3, 0.4) is 0 Å². The van der Waals surface area contributed by atoms with Crippen LogP contribution in [0.15, 0.2) is 66.7 Å². The molecule has 0 saturated heterocycles. The van der Waals surface area contributed by atoms with Crippen LogP contribution in [0.1, 0.15) is 29.7 Å². The van der Waals surface area contributed by atoms with E-state index in [0.717, 1.165) is 6.54 Å². The molecule has 0 aliphatic carbocycles. The summed E-state index contributed by atoms with van der Waals surface area (Å²) in [6, 6.07) is 24.3. The lowest BCUT2D eigenvalue weighted by Crippen LogP contribution is -2.22. The predicted octanol–water partition coefficient (Wildman–Crippen LogP) is 5.34. The summed E-state index contributed by atoms with van der Waals surface area (Å²) in [5.41, 5.74) is 4.16. The number of hydrogen-bond acceptors (Lipinski definition) is 1. The molecule has 0 aliphatic heterocycles. The van der Waals surface area contributed by atoms with Gasteiger partial charge in [-0.15, -0.1) is 0 Å². The number of nitrogens with zero attached hydrogens (tertiary/aromatic N) is 1. The Kier molecular flexibility index (Phi) is 4.26. The molecule has 3 aromatic rings. The van der Waals surface area contributed by atoms with E-state index in [-0.39, 0.29) is 0 Å². The van der Waals surface area contributed by atoms with E-state index in [1.54, 1.807) is 0 Å². The van der Waals surface area contributed by atoms with E-state index in [4.69, 9.17) is 0 Å². The van der Waals surface area contributed by atoms with Gasteiger partial charge < -0.3 is 0 Å². The molecule has 0 saturated carbocycles. The lowest BCUT2D eigenvalue weighted by atomic mass is 9.98. The van der Waals surface area contributed by atoms with Gasteiger partial charge in [0.2, 0.25) is 0 Å². The van der Waals surface area contributed by atoms with Crippen molar-refractivity contribution in [1.29, 1.82) is 0 Å². The van der Waals surface area contributed by atoms with Crippen LogP contribution in [0.5, 0.6) is 0 Å². The van der Waals surface area contributed by atoms with Crippen LogP contribution in [0, 0.1) is 6.92 Å². The molecular formula is C21H23N. The number of aryl methyl sites for hydroxylation is 1. The zero-order valence-electron chi connectivity index (χ0n) is 13.6. The summed E-state index contributed by atoms with van der Waals surface area (Å²) in [5.74, 6) is 0. The molecule has 22 heavy (non-hydrogen) atoms. The van der Waals surface area contributed by atoms with Gasteiger partial charge in [0.25, 0.3) is 0 Å².